The average Bonchev–Trinajstić information content (AvgIpc) is 3.05. The van der Waals surface area contributed by atoms with Gasteiger partial charge in [0.15, 0.2) is 0 Å². The number of benzene rings is 3. The lowest BCUT2D eigenvalue weighted by Crippen LogP contribution is -2.24. The van der Waals surface area contributed by atoms with Crippen molar-refractivity contribution >= 4 is 34.8 Å². The highest BCUT2D eigenvalue weighted by molar-refractivity contribution is 5.99. The van der Waals surface area contributed by atoms with Crippen LogP contribution in [0.1, 0.15) is 71.1 Å². The van der Waals surface area contributed by atoms with Crippen molar-refractivity contribution in [2.45, 2.75) is 40.0 Å². The van der Waals surface area contributed by atoms with Crippen molar-refractivity contribution in [1.82, 2.24) is 16.0 Å². The maximum atomic E-state index is 11.5. The van der Waals surface area contributed by atoms with E-state index in [1.54, 1.807) is 18.2 Å². The molecule has 0 aliphatic rings. The van der Waals surface area contributed by atoms with Crippen LogP contribution in [0.3, 0.4) is 0 Å². The minimum atomic E-state index is -0.555. The topological polar surface area (TPSA) is 217 Å². The fourth-order valence-corrected chi connectivity index (χ4v) is 3.48. The number of carbonyl (C=O) groups excluding carboxylic acids is 3. The first-order chi connectivity index (χ1) is 21.5. The molecule has 3 rings (SSSR count). The molecule has 0 unspecified atom stereocenters. The SMILES string of the molecule is CCCNC(=O)c1ccccc1[N+](=O)[O-].CCCNC(=O)c1ccccc1[N+](=O)[O-].CCCNC(=O)c1ccccc1[N+](=O)[O-]. The molecule has 15 heteroatoms. The molecule has 0 atom stereocenters. The molecule has 0 saturated carbocycles. The van der Waals surface area contributed by atoms with Gasteiger partial charge in [0, 0.05) is 37.8 Å². The number of amides is 3. The Hall–Kier alpha value is -5.73. The van der Waals surface area contributed by atoms with Crippen LogP contribution in [0, 0.1) is 30.3 Å². The van der Waals surface area contributed by atoms with Gasteiger partial charge in [0.1, 0.15) is 16.7 Å². The van der Waals surface area contributed by atoms with Crippen molar-refractivity contribution in [3.63, 3.8) is 0 Å². The van der Waals surface area contributed by atoms with Gasteiger partial charge in [-0.1, -0.05) is 57.2 Å². The van der Waals surface area contributed by atoms with Crippen LogP contribution in [0.4, 0.5) is 17.1 Å². The number of hydrogen-bond donors (Lipinski definition) is 3. The summed E-state index contributed by atoms with van der Waals surface area (Å²) in [4.78, 5) is 64.8. The van der Waals surface area contributed by atoms with Crippen molar-refractivity contribution < 1.29 is 29.2 Å². The predicted octanol–water partition coefficient (Wildman–Crippen LogP) is 5.20. The van der Waals surface area contributed by atoms with Gasteiger partial charge in [0.2, 0.25) is 0 Å². The molecule has 3 aromatic carbocycles. The molecule has 0 radical (unpaired) electrons. The molecule has 0 heterocycles. The summed E-state index contributed by atoms with van der Waals surface area (Å²) in [5.74, 6) is -1.20. The second kappa shape index (κ2) is 20.2. The zero-order valence-electron chi connectivity index (χ0n) is 25.2. The lowest BCUT2D eigenvalue weighted by molar-refractivity contribution is -0.385. The Morgan fingerprint density at radius 1 is 0.489 bits per heavy atom. The van der Waals surface area contributed by atoms with Gasteiger partial charge in [-0.25, -0.2) is 0 Å². The molecule has 0 spiro atoms. The Morgan fingerprint density at radius 3 is 0.911 bits per heavy atom. The van der Waals surface area contributed by atoms with Crippen LogP contribution in [-0.2, 0) is 0 Å². The number of nitro benzene ring substituents is 3. The van der Waals surface area contributed by atoms with Crippen molar-refractivity contribution in [2.24, 2.45) is 0 Å². The summed E-state index contributed by atoms with van der Waals surface area (Å²) < 4.78 is 0. The maximum absolute atomic E-state index is 11.5. The fourth-order valence-electron chi connectivity index (χ4n) is 3.48. The predicted molar refractivity (Wildman–Crippen MR) is 167 cm³/mol. The highest BCUT2D eigenvalue weighted by Crippen LogP contribution is 2.19. The summed E-state index contributed by atoms with van der Waals surface area (Å²) in [5, 5.41) is 39.7. The van der Waals surface area contributed by atoms with E-state index in [0.29, 0.717) is 19.6 Å². The fraction of sp³-hybridized carbons (Fsp3) is 0.300. The molecule has 0 aliphatic carbocycles. The van der Waals surface area contributed by atoms with E-state index in [0.717, 1.165) is 19.3 Å². The summed E-state index contributed by atoms with van der Waals surface area (Å²) in [6.45, 7) is 7.31. The van der Waals surface area contributed by atoms with Crippen LogP contribution >= 0.6 is 0 Å². The first kappa shape index (κ1) is 37.3. The largest absolute Gasteiger partial charge is 0.352 e. The van der Waals surface area contributed by atoms with E-state index in [1.807, 2.05) is 20.8 Å². The summed E-state index contributed by atoms with van der Waals surface area (Å²) in [6, 6.07) is 17.7. The molecule has 0 aromatic heterocycles. The first-order valence-electron chi connectivity index (χ1n) is 14.0. The van der Waals surface area contributed by atoms with Crippen molar-refractivity contribution in [1.29, 1.82) is 0 Å². The lowest BCUT2D eigenvalue weighted by atomic mass is 10.1. The Balaban J connectivity index is 0.000000337. The zero-order valence-corrected chi connectivity index (χ0v) is 25.2. The molecular weight excluding hydrogens is 588 g/mol. The van der Waals surface area contributed by atoms with Gasteiger partial charge in [-0.15, -0.1) is 0 Å². The lowest BCUT2D eigenvalue weighted by Gasteiger charge is -2.03. The summed E-state index contributed by atoms with van der Waals surface area (Å²) in [6.07, 6.45) is 2.39. The molecular formula is C30H36N6O9. The molecule has 0 bridgehead atoms. The molecule has 45 heavy (non-hydrogen) atoms. The Bertz CT molecular complexity index is 1300. The van der Waals surface area contributed by atoms with E-state index in [-0.39, 0.29) is 33.8 Å². The van der Waals surface area contributed by atoms with Gasteiger partial charge in [-0.2, -0.15) is 0 Å². The molecule has 0 fully saturated rings. The number of nitro groups is 3. The highest BCUT2D eigenvalue weighted by Gasteiger charge is 2.20. The van der Waals surface area contributed by atoms with Crippen LogP contribution in [0.25, 0.3) is 0 Å². The standard InChI is InChI=1S/3C10H12N2O3/c3*1-2-7-11-10(13)8-5-3-4-6-9(8)12(14)15/h3*3-6H,2,7H2,1H3,(H,11,13). The summed E-state index contributed by atoms with van der Waals surface area (Å²) >= 11 is 0. The second-order valence-corrected chi connectivity index (χ2v) is 9.09. The number of nitrogens with zero attached hydrogens (tertiary/aromatic N) is 3. The van der Waals surface area contributed by atoms with E-state index >= 15 is 0 Å². The number of hydrogen-bond acceptors (Lipinski definition) is 9. The number of rotatable bonds is 12. The third-order valence-corrected chi connectivity index (χ3v) is 5.64. The van der Waals surface area contributed by atoms with E-state index in [4.69, 9.17) is 0 Å². The summed E-state index contributed by atoms with van der Waals surface area (Å²) in [7, 11) is 0. The van der Waals surface area contributed by atoms with Crippen LogP contribution in [0.15, 0.2) is 72.8 Å². The van der Waals surface area contributed by atoms with E-state index in [9.17, 15) is 44.7 Å². The first-order valence-corrected chi connectivity index (χ1v) is 14.0. The van der Waals surface area contributed by atoms with Gasteiger partial charge >= 0.3 is 0 Å². The van der Waals surface area contributed by atoms with Crippen molar-refractivity contribution in [2.75, 3.05) is 19.6 Å². The van der Waals surface area contributed by atoms with Gasteiger partial charge in [-0.3, -0.25) is 44.7 Å². The molecule has 3 aromatic rings. The highest BCUT2D eigenvalue weighted by atomic mass is 16.6. The molecule has 0 saturated heterocycles. The maximum Gasteiger partial charge on any atom is 0.282 e. The van der Waals surface area contributed by atoms with Crippen LogP contribution in [-0.4, -0.2) is 52.1 Å². The average molecular weight is 625 g/mol. The zero-order chi connectivity index (χ0) is 33.8. The van der Waals surface area contributed by atoms with Crippen LogP contribution in [0.5, 0.6) is 0 Å². The quantitative estimate of drug-likeness (QED) is 0.178. The van der Waals surface area contributed by atoms with Gasteiger partial charge in [-0.05, 0) is 37.5 Å². The van der Waals surface area contributed by atoms with E-state index in [1.165, 1.54) is 54.6 Å². The Kier molecular flexibility index (Phi) is 16.8. The summed E-state index contributed by atoms with van der Waals surface area (Å²) in [5.41, 5.74) is -0.161. The van der Waals surface area contributed by atoms with E-state index in [2.05, 4.69) is 16.0 Å². The van der Waals surface area contributed by atoms with Crippen molar-refractivity contribution in [3.8, 4) is 0 Å². The minimum absolute atomic E-state index is 0.107. The van der Waals surface area contributed by atoms with Gasteiger partial charge < -0.3 is 16.0 Å². The molecule has 15 nitrogen and oxygen atoms in total. The molecule has 3 N–H and O–H groups in total. The molecule has 0 aliphatic heterocycles. The second-order valence-electron chi connectivity index (χ2n) is 9.09. The molecule has 3 amide bonds. The third-order valence-electron chi connectivity index (χ3n) is 5.64. The van der Waals surface area contributed by atoms with Gasteiger partial charge in [0.05, 0.1) is 14.8 Å². The Labute approximate surface area is 259 Å². The minimum Gasteiger partial charge on any atom is -0.352 e. The third kappa shape index (κ3) is 12.6. The number of nitrogens with one attached hydrogen (secondary N) is 3. The van der Waals surface area contributed by atoms with Crippen LogP contribution in [0.2, 0.25) is 0 Å². The van der Waals surface area contributed by atoms with Crippen molar-refractivity contribution in [3.05, 3.63) is 120 Å². The van der Waals surface area contributed by atoms with E-state index < -0.39 is 32.5 Å². The number of carbonyl (C=O) groups is 3. The van der Waals surface area contributed by atoms with Crippen LogP contribution < -0.4 is 16.0 Å². The van der Waals surface area contributed by atoms with Gasteiger partial charge in [0.25, 0.3) is 34.8 Å². The molecule has 240 valence electrons. The number of para-hydroxylation sites is 3. The smallest absolute Gasteiger partial charge is 0.282 e. The normalized spacial score (nSPS) is 9.67. The monoisotopic (exact) mass is 624 g/mol. The Morgan fingerprint density at radius 2 is 0.711 bits per heavy atom.